The first-order valence-corrected chi connectivity index (χ1v) is 8.64. The summed E-state index contributed by atoms with van der Waals surface area (Å²) in [6.45, 7) is 15.2. The monoisotopic (exact) mass is 355 g/mol. The molecule has 131 valence electrons. The zero-order chi connectivity index (χ0) is 18.8. The van der Waals surface area contributed by atoms with Crippen molar-refractivity contribution in [3.63, 3.8) is 0 Å². The van der Waals surface area contributed by atoms with Gasteiger partial charge in [0.1, 0.15) is 0 Å². The Labute approximate surface area is 155 Å². The van der Waals surface area contributed by atoms with Gasteiger partial charge in [-0.2, -0.15) is 10.2 Å². The summed E-state index contributed by atoms with van der Waals surface area (Å²) in [4.78, 5) is 12.8. The highest BCUT2D eigenvalue weighted by Gasteiger charge is 2.35. The number of azo groups is 1. The van der Waals surface area contributed by atoms with Crippen LogP contribution in [0.5, 0.6) is 0 Å². The van der Waals surface area contributed by atoms with Gasteiger partial charge in [-0.25, -0.2) is 0 Å². The van der Waals surface area contributed by atoms with Crippen molar-refractivity contribution in [2.75, 3.05) is 0 Å². The zero-order valence-corrected chi connectivity index (χ0v) is 16.4. The van der Waals surface area contributed by atoms with Crippen LogP contribution in [0.1, 0.15) is 41.5 Å². The van der Waals surface area contributed by atoms with Crippen molar-refractivity contribution in [2.45, 2.75) is 41.5 Å². The van der Waals surface area contributed by atoms with Crippen molar-refractivity contribution >= 4 is 23.1 Å². The van der Waals surface area contributed by atoms with Crippen molar-refractivity contribution in [1.82, 2.24) is 0 Å². The molecule has 0 heterocycles. The van der Waals surface area contributed by atoms with Crippen LogP contribution in [-0.4, -0.2) is 5.78 Å². The molecule has 0 atom stereocenters. The lowest BCUT2D eigenvalue weighted by Gasteiger charge is -2.32. The lowest BCUT2D eigenvalue weighted by Crippen LogP contribution is -2.29. The SMILES string of the molecule is CC(C)(C)C1=C[C]([C]N=Nc2ccc(Cl)cc2)C=C(C(C)(C)C)C1=O. The van der Waals surface area contributed by atoms with Gasteiger partial charge in [-0.05, 0) is 35.1 Å². The number of Topliss-reactive ketones (excluding diaryl/α,β-unsaturated/α-hetero) is 1. The number of hydrogen-bond donors (Lipinski definition) is 0. The standard InChI is InChI=1S/C21H24ClN2O/c1-20(2,3)17-11-14(12-18(19(17)25)21(4,5)6)13-23-24-16-9-7-15(22)8-10-16/h7-12H,1-6H3. The summed E-state index contributed by atoms with van der Waals surface area (Å²) >= 11 is 5.86. The van der Waals surface area contributed by atoms with Gasteiger partial charge in [0.2, 0.25) is 0 Å². The molecule has 2 rings (SSSR count). The van der Waals surface area contributed by atoms with E-state index in [4.69, 9.17) is 11.6 Å². The Bertz CT molecular complexity index is 695. The minimum Gasteiger partial charge on any atom is -0.289 e. The number of rotatable bonds is 3. The normalized spacial score (nSPS) is 17.0. The lowest BCUT2D eigenvalue weighted by molar-refractivity contribution is -0.114. The third kappa shape index (κ3) is 5.12. The summed E-state index contributed by atoms with van der Waals surface area (Å²) in [6.07, 6.45) is 3.72. The largest absolute Gasteiger partial charge is 0.289 e. The molecule has 0 amide bonds. The van der Waals surface area contributed by atoms with Gasteiger partial charge in [0.15, 0.2) is 12.3 Å². The van der Waals surface area contributed by atoms with Crippen molar-refractivity contribution in [1.29, 1.82) is 0 Å². The summed E-state index contributed by atoms with van der Waals surface area (Å²) < 4.78 is 0. The molecule has 0 aliphatic heterocycles. The van der Waals surface area contributed by atoms with E-state index in [2.05, 4.69) is 16.8 Å². The minimum absolute atomic E-state index is 0.0974. The first kappa shape index (κ1) is 19.6. The fourth-order valence-electron chi connectivity index (χ4n) is 2.46. The molecule has 0 saturated carbocycles. The number of nitrogens with zero attached hydrogens (tertiary/aromatic N) is 2. The van der Waals surface area contributed by atoms with Gasteiger partial charge in [0.25, 0.3) is 0 Å². The lowest BCUT2D eigenvalue weighted by atomic mass is 9.71. The number of halogens is 1. The van der Waals surface area contributed by atoms with Crippen LogP contribution in [0.25, 0.3) is 0 Å². The first-order chi connectivity index (χ1) is 11.5. The van der Waals surface area contributed by atoms with Gasteiger partial charge >= 0.3 is 0 Å². The van der Waals surface area contributed by atoms with Crippen LogP contribution in [0, 0.1) is 23.3 Å². The highest BCUT2D eigenvalue weighted by Crippen LogP contribution is 2.40. The maximum atomic E-state index is 12.8. The van der Waals surface area contributed by atoms with Crippen LogP contribution in [0.2, 0.25) is 5.02 Å². The predicted molar refractivity (Wildman–Crippen MR) is 103 cm³/mol. The fraction of sp³-hybridized carbons (Fsp3) is 0.381. The Balaban J connectivity index is 2.24. The van der Waals surface area contributed by atoms with Gasteiger partial charge in [0, 0.05) is 16.2 Å². The Hall–Kier alpha value is -1.74. The van der Waals surface area contributed by atoms with E-state index in [9.17, 15) is 4.79 Å². The van der Waals surface area contributed by atoms with E-state index >= 15 is 0 Å². The maximum absolute atomic E-state index is 12.8. The fourth-order valence-corrected chi connectivity index (χ4v) is 2.58. The van der Waals surface area contributed by atoms with Crippen LogP contribution in [0.3, 0.4) is 0 Å². The Morgan fingerprint density at radius 3 is 1.80 bits per heavy atom. The Morgan fingerprint density at radius 2 is 1.36 bits per heavy atom. The summed E-state index contributed by atoms with van der Waals surface area (Å²) in [7, 11) is 0. The van der Waals surface area contributed by atoms with E-state index in [0.717, 1.165) is 17.1 Å². The molecule has 0 saturated heterocycles. The molecule has 4 heteroatoms. The van der Waals surface area contributed by atoms with Crippen molar-refractivity contribution < 1.29 is 4.79 Å². The van der Waals surface area contributed by atoms with Crippen LogP contribution < -0.4 is 0 Å². The second-order valence-corrected chi connectivity index (χ2v) is 8.63. The highest BCUT2D eigenvalue weighted by molar-refractivity contribution is 6.30. The van der Waals surface area contributed by atoms with E-state index < -0.39 is 0 Å². The number of carbonyl (C=O) groups excluding carboxylic acids is 1. The summed E-state index contributed by atoms with van der Waals surface area (Å²) in [5.74, 6) is 0.854. The van der Waals surface area contributed by atoms with Gasteiger partial charge in [-0.15, -0.1) is 0 Å². The smallest absolute Gasteiger partial charge is 0.185 e. The second-order valence-electron chi connectivity index (χ2n) is 8.19. The van der Waals surface area contributed by atoms with E-state index in [1.165, 1.54) is 0 Å². The molecule has 1 aromatic carbocycles. The quantitative estimate of drug-likeness (QED) is 0.565. The third-order valence-corrected chi connectivity index (χ3v) is 4.13. The average Bonchev–Trinajstić information content (AvgIpc) is 2.48. The molecule has 3 nitrogen and oxygen atoms in total. The number of carbonyl (C=O) groups is 1. The van der Waals surface area contributed by atoms with E-state index in [0.29, 0.717) is 10.7 Å². The predicted octanol–water partition coefficient (Wildman–Crippen LogP) is 6.56. The van der Waals surface area contributed by atoms with E-state index in [1.54, 1.807) is 24.3 Å². The maximum Gasteiger partial charge on any atom is 0.185 e. The summed E-state index contributed by atoms with van der Waals surface area (Å²) in [5.41, 5.74) is 1.74. The Morgan fingerprint density at radius 1 is 0.880 bits per heavy atom. The Kier molecular flexibility index (Phi) is 5.68. The second kappa shape index (κ2) is 7.25. The molecule has 0 spiro atoms. The molecule has 0 N–H and O–H groups in total. The van der Waals surface area contributed by atoms with E-state index in [1.807, 2.05) is 53.7 Å². The molecule has 1 aliphatic rings. The number of benzene rings is 1. The van der Waals surface area contributed by atoms with Crippen LogP contribution in [0.15, 0.2) is 57.8 Å². The van der Waals surface area contributed by atoms with Gasteiger partial charge in [-0.3, -0.25) is 4.79 Å². The number of hydrogen-bond acceptors (Lipinski definition) is 3. The van der Waals surface area contributed by atoms with Gasteiger partial charge < -0.3 is 0 Å². The van der Waals surface area contributed by atoms with E-state index in [-0.39, 0.29) is 16.6 Å². The van der Waals surface area contributed by atoms with Crippen molar-refractivity contribution in [2.24, 2.45) is 21.1 Å². The van der Waals surface area contributed by atoms with Crippen molar-refractivity contribution in [3.8, 4) is 0 Å². The minimum atomic E-state index is -0.248. The molecule has 3 radical (unpaired) electrons. The molecule has 0 unspecified atom stereocenters. The molecular formula is C21H24ClN2O. The molecule has 0 aromatic heterocycles. The summed E-state index contributed by atoms with van der Waals surface area (Å²) in [5, 5.41) is 8.83. The molecule has 25 heavy (non-hydrogen) atoms. The van der Waals surface area contributed by atoms with Gasteiger partial charge in [0.05, 0.1) is 11.6 Å². The topological polar surface area (TPSA) is 41.8 Å². The molecule has 1 aromatic rings. The van der Waals surface area contributed by atoms with Crippen LogP contribution in [0.4, 0.5) is 5.69 Å². The number of ketones is 1. The van der Waals surface area contributed by atoms with Gasteiger partial charge in [-0.1, -0.05) is 65.3 Å². The number of allylic oxidation sites excluding steroid dienone is 2. The molecular weight excluding hydrogens is 332 g/mol. The molecule has 0 bridgehead atoms. The highest BCUT2D eigenvalue weighted by atomic mass is 35.5. The van der Waals surface area contributed by atoms with Crippen LogP contribution >= 0.6 is 11.6 Å². The van der Waals surface area contributed by atoms with Crippen LogP contribution in [-0.2, 0) is 4.79 Å². The first-order valence-electron chi connectivity index (χ1n) is 8.27. The molecule has 1 aliphatic carbocycles. The summed E-state index contributed by atoms with van der Waals surface area (Å²) in [6, 6.07) is 7.10. The molecule has 0 fully saturated rings. The average molecular weight is 356 g/mol. The van der Waals surface area contributed by atoms with Crippen molar-refractivity contribution in [3.05, 3.63) is 65.0 Å². The third-order valence-electron chi connectivity index (χ3n) is 3.88. The zero-order valence-electron chi connectivity index (χ0n) is 15.6.